The molecule has 0 bridgehead atoms. The molecule has 2 aromatic rings. The topological polar surface area (TPSA) is 50.8 Å². The van der Waals surface area contributed by atoms with Crippen molar-refractivity contribution in [1.82, 2.24) is 4.90 Å². The molecule has 0 radical (unpaired) electrons. The number of piperidine rings is 1. The van der Waals surface area contributed by atoms with Gasteiger partial charge in [-0.15, -0.1) is 0 Å². The van der Waals surface area contributed by atoms with E-state index in [1.165, 1.54) is 31.4 Å². The van der Waals surface area contributed by atoms with Gasteiger partial charge >= 0.3 is 0 Å². The van der Waals surface area contributed by atoms with Crippen LogP contribution in [0.4, 0.5) is 10.1 Å². The third-order valence-corrected chi connectivity index (χ3v) is 6.88. The molecule has 2 heterocycles. The van der Waals surface area contributed by atoms with Crippen LogP contribution in [-0.4, -0.2) is 49.8 Å². The molecule has 1 atom stereocenters. The van der Waals surface area contributed by atoms with Crippen LogP contribution < -0.4 is 10.1 Å². The van der Waals surface area contributed by atoms with Gasteiger partial charge in [-0.25, -0.2) is 4.39 Å². The lowest BCUT2D eigenvalue weighted by Crippen LogP contribution is -2.44. The number of carbonyl (C=O) groups excluding carboxylic acids is 1. The molecule has 2 aliphatic rings. The zero-order chi connectivity index (χ0) is 22.4. The summed E-state index contributed by atoms with van der Waals surface area (Å²) >= 11 is 0. The van der Waals surface area contributed by atoms with Crippen LogP contribution in [0.25, 0.3) is 0 Å². The van der Waals surface area contributed by atoms with Crippen molar-refractivity contribution in [3.63, 3.8) is 0 Å². The average Bonchev–Trinajstić information content (AvgIpc) is 2.82. The van der Waals surface area contributed by atoms with Gasteiger partial charge in [-0.05, 0) is 81.1 Å². The van der Waals surface area contributed by atoms with Crippen LogP contribution in [0.5, 0.6) is 5.75 Å². The predicted molar refractivity (Wildman–Crippen MR) is 124 cm³/mol. The summed E-state index contributed by atoms with van der Waals surface area (Å²) < 4.78 is 24.9. The Bertz CT molecular complexity index is 879. The normalized spacial score (nSPS) is 21.1. The number of anilines is 1. The molecule has 0 spiro atoms. The molecular weight excluding hydrogens is 407 g/mol. The average molecular weight is 441 g/mol. The number of nitrogens with one attached hydrogen (secondary N) is 1. The molecule has 0 saturated carbocycles. The standard InChI is InChI=1S/C26H33FN2O3/c1-20-4-2-3-15-29(20)16-19-32-24-11-9-23(10-12-24)28-25(30)26(13-17-31-18-14-26)21-5-7-22(27)8-6-21/h5-12,20H,2-4,13-19H2,1H3,(H,28,30). The summed E-state index contributed by atoms with van der Waals surface area (Å²) in [7, 11) is 0. The zero-order valence-corrected chi connectivity index (χ0v) is 18.8. The van der Waals surface area contributed by atoms with Crippen LogP contribution in [0, 0.1) is 5.82 Å². The van der Waals surface area contributed by atoms with Crippen LogP contribution in [0.2, 0.25) is 0 Å². The van der Waals surface area contributed by atoms with Crippen LogP contribution in [0.1, 0.15) is 44.6 Å². The molecule has 6 heteroatoms. The van der Waals surface area contributed by atoms with Gasteiger partial charge in [0.2, 0.25) is 5.91 Å². The summed E-state index contributed by atoms with van der Waals surface area (Å²) in [5.74, 6) is 0.411. The third-order valence-electron chi connectivity index (χ3n) is 6.88. The van der Waals surface area contributed by atoms with Gasteiger partial charge < -0.3 is 14.8 Å². The number of hydrogen-bond donors (Lipinski definition) is 1. The summed E-state index contributed by atoms with van der Waals surface area (Å²) in [5, 5.41) is 3.05. The van der Waals surface area contributed by atoms with E-state index in [1.54, 1.807) is 12.1 Å². The van der Waals surface area contributed by atoms with Gasteiger partial charge in [0.25, 0.3) is 0 Å². The minimum atomic E-state index is -0.716. The van der Waals surface area contributed by atoms with Gasteiger partial charge in [0.1, 0.15) is 18.2 Å². The quantitative estimate of drug-likeness (QED) is 0.674. The molecule has 5 nitrogen and oxygen atoms in total. The van der Waals surface area contributed by atoms with Gasteiger partial charge in [-0.3, -0.25) is 9.69 Å². The highest BCUT2D eigenvalue weighted by atomic mass is 19.1. The Morgan fingerprint density at radius 2 is 1.84 bits per heavy atom. The summed E-state index contributed by atoms with van der Waals surface area (Å²) in [6.45, 7) is 6.04. The van der Waals surface area contributed by atoms with Gasteiger partial charge in [-0.2, -0.15) is 0 Å². The summed E-state index contributed by atoms with van der Waals surface area (Å²) in [4.78, 5) is 15.8. The molecule has 2 saturated heterocycles. The lowest BCUT2D eigenvalue weighted by atomic mass is 9.73. The van der Waals surface area contributed by atoms with Crippen molar-refractivity contribution in [3.8, 4) is 5.75 Å². The van der Waals surface area contributed by atoms with Crippen molar-refractivity contribution in [1.29, 1.82) is 0 Å². The van der Waals surface area contributed by atoms with Crippen LogP contribution >= 0.6 is 0 Å². The van der Waals surface area contributed by atoms with Crippen molar-refractivity contribution >= 4 is 11.6 Å². The van der Waals surface area contributed by atoms with Gasteiger partial charge in [-0.1, -0.05) is 18.6 Å². The number of benzene rings is 2. The lowest BCUT2D eigenvalue weighted by molar-refractivity contribution is -0.125. The van der Waals surface area contributed by atoms with Crippen molar-refractivity contribution < 1.29 is 18.7 Å². The third kappa shape index (κ3) is 5.30. The summed E-state index contributed by atoms with van der Waals surface area (Å²) in [5.41, 5.74) is 0.832. The molecule has 2 aromatic carbocycles. The predicted octanol–water partition coefficient (Wildman–Crippen LogP) is 4.77. The first-order chi connectivity index (χ1) is 15.6. The van der Waals surface area contributed by atoms with Crippen molar-refractivity contribution in [2.24, 2.45) is 0 Å². The molecule has 0 aromatic heterocycles. The fourth-order valence-corrected chi connectivity index (χ4v) is 4.79. The summed E-state index contributed by atoms with van der Waals surface area (Å²) in [6, 6.07) is 14.4. The van der Waals surface area contributed by atoms with Crippen LogP contribution in [0.15, 0.2) is 48.5 Å². The molecule has 4 rings (SSSR count). The van der Waals surface area contributed by atoms with E-state index in [0.717, 1.165) is 30.1 Å². The monoisotopic (exact) mass is 440 g/mol. The largest absolute Gasteiger partial charge is 0.492 e. The Kier molecular flexibility index (Phi) is 7.43. The Morgan fingerprint density at radius 3 is 2.53 bits per heavy atom. The van der Waals surface area contributed by atoms with E-state index in [4.69, 9.17) is 9.47 Å². The van der Waals surface area contributed by atoms with E-state index in [9.17, 15) is 9.18 Å². The molecule has 1 unspecified atom stereocenters. The lowest BCUT2D eigenvalue weighted by Gasteiger charge is -2.36. The first kappa shape index (κ1) is 22.7. The Morgan fingerprint density at radius 1 is 1.12 bits per heavy atom. The van der Waals surface area contributed by atoms with E-state index in [1.807, 2.05) is 24.3 Å². The minimum absolute atomic E-state index is 0.0832. The highest BCUT2D eigenvalue weighted by Crippen LogP contribution is 2.36. The van der Waals surface area contributed by atoms with Crippen molar-refractivity contribution in [3.05, 3.63) is 59.9 Å². The van der Waals surface area contributed by atoms with Crippen molar-refractivity contribution in [2.75, 3.05) is 38.2 Å². The van der Waals surface area contributed by atoms with E-state index in [-0.39, 0.29) is 11.7 Å². The molecule has 2 aliphatic heterocycles. The molecule has 32 heavy (non-hydrogen) atoms. The Hall–Kier alpha value is -2.44. The van der Waals surface area contributed by atoms with E-state index < -0.39 is 5.41 Å². The molecule has 172 valence electrons. The zero-order valence-electron chi connectivity index (χ0n) is 18.8. The Balaban J connectivity index is 1.36. The number of carbonyl (C=O) groups is 1. The first-order valence-corrected chi connectivity index (χ1v) is 11.7. The number of hydrogen-bond acceptors (Lipinski definition) is 4. The van der Waals surface area contributed by atoms with Gasteiger partial charge in [0.05, 0.1) is 5.41 Å². The fraction of sp³-hybridized carbons (Fsp3) is 0.500. The van der Waals surface area contributed by atoms with Gasteiger partial charge in [0.15, 0.2) is 0 Å². The van der Waals surface area contributed by atoms with Crippen LogP contribution in [-0.2, 0) is 14.9 Å². The van der Waals surface area contributed by atoms with E-state index >= 15 is 0 Å². The number of likely N-dealkylation sites (tertiary alicyclic amines) is 1. The molecule has 2 fully saturated rings. The maximum Gasteiger partial charge on any atom is 0.235 e. The maximum atomic E-state index is 13.4. The maximum absolute atomic E-state index is 13.4. The molecular formula is C26H33FN2O3. The van der Waals surface area contributed by atoms with Crippen molar-refractivity contribution in [2.45, 2.75) is 50.5 Å². The highest BCUT2D eigenvalue weighted by molar-refractivity contribution is 5.99. The first-order valence-electron chi connectivity index (χ1n) is 11.7. The second-order valence-corrected chi connectivity index (χ2v) is 8.91. The highest BCUT2D eigenvalue weighted by Gasteiger charge is 2.41. The SMILES string of the molecule is CC1CCCCN1CCOc1ccc(NC(=O)C2(c3ccc(F)cc3)CCOCC2)cc1. The molecule has 0 aliphatic carbocycles. The number of rotatable bonds is 7. The number of ether oxygens (including phenoxy) is 2. The van der Waals surface area contributed by atoms with E-state index in [2.05, 4.69) is 17.1 Å². The number of amides is 1. The fourth-order valence-electron chi connectivity index (χ4n) is 4.79. The summed E-state index contributed by atoms with van der Waals surface area (Å²) in [6.07, 6.45) is 4.99. The second-order valence-electron chi connectivity index (χ2n) is 8.91. The smallest absolute Gasteiger partial charge is 0.235 e. The Labute approximate surface area is 189 Å². The number of halogens is 1. The van der Waals surface area contributed by atoms with Crippen LogP contribution in [0.3, 0.4) is 0 Å². The van der Waals surface area contributed by atoms with E-state index in [0.29, 0.717) is 38.7 Å². The molecule has 1 amide bonds. The van der Waals surface area contributed by atoms with Gasteiger partial charge in [0, 0.05) is 31.5 Å². The second kappa shape index (κ2) is 10.5. The molecule has 1 N–H and O–H groups in total. The number of nitrogens with zero attached hydrogens (tertiary/aromatic N) is 1. The minimum Gasteiger partial charge on any atom is -0.492 e.